The maximum Gasteiger partial charge on any atom is 0.223 e. The number of carbonyl (C=O) groups excluding carboxylic acids is 1. The van der Waals surface area contributed by atoms with Gasteiger partial charge in [0.05, 0.1) is 6.54 Å². The van der Waals surface area contributed by atoms with Crippen molar-refractivity contribution >= 4 is 18.3 Å². The Labute approximate surface area is 155 Å². The zero-order valence-electron chi connectivity index (χ0n) is 14.4. The predicted molar refractivity (Wildman–Crippen MR) is 103 cm³/mol. The first-order chi connectivity index (χ1) is 11.8. The molecule has 1 unspecified atom stereocenters. The van der Waals surface area contributed by atoms with Crippen LogP contribution in [-0.2, 0) is 4.79 Å². The lowest BCUT2D eigenvalue weighted by Gasteiger charge is -2.31. The Kier molecular flexibility index (Phi) is 7.29. The molecule has 5 heteroatoms. The van der Waals surface area contributed by atoms with E-state index in [1.165, 1.54) is 0 Å². The summed E-state index contributed by atoms with van der Waals surface area (Å²) < 4.78 is 5.90. The lowest BCUT2D eigenvalue weighted by molar-refractivity contribution is -0.126. The van der Waals surface area contributed by atoms with E-state index in [-0.39, 0.29) is 24.2 Å². The third-order valence-electron chi connectivity index (χ3n) is 4.56. The van der Waals surface area contributed by atoms with Gasteiger partial charge in [0.15, 0.2) is 0 Å². The summed E-state index contributed by atoms with van der Waals surface area (Å²) in [5.41, 5.74) is 2.20. The first-order valence-electron chi connectivity index (χ1n) is 8.51. The van der Waals surface area contributed by atoms with Gasteiger partial charge in [-0.05, 0) is 30.6 Å². The van der Waals surface area contributed by atoms with Crippen molar-refractivity contribution in [2.75, 3.05) is 26.2 Å². The fraction of sp³-hybridized carbons (Fsp3) is 0.350. The van der Waals surface area contributed by atoms with Crippen molar-refractivity contribution in [3.8, 4) is 16.9 Å². The maximum absolute atomic E-state index is 12.1. The van der Waals surface area contributed by atoms with E-state index in [1.54, 1.807) is 0 Å². The first kappa shape index (κ1) is 19.3. The number of hydrogen-bond acceptors (Lipinski definition) is 3. The maximum atomic E-state index is 12.1. The van der Waals surface area contributed by atoms with Crippen LogP contribution in [0.5, 0.6) is 5.75 Å². The minimum atomic E-state index is 0. The molecule has 0 saturated carbocycles. The second-order valence-corrected chi connectivity index (χ2v) is 6.21. The number of rotatable bonds is 7. The van der Waals surface area contributed by atoms with Crippen LogP contribution in [0.4, 0.5) is 0 Å². The molecule has 0 radical (unpaired) electrons. The van der Waals surface area contributed by atoms with Crippen LogP contribution in [-0.4, -0.2) is 32.1 Å². The second-order valence-electron chi connectivity index (χ2n) is 6.21. The Bertz CT molecular complexity index is 674. The Morgan fingerprint density at radius 3 is 2.52 bits per heavy atom. The third kappa shape index (κ3) is 4.97. The molecule has 1 fully saturated rings. The Hall–Kier alpha value is -2.04. The number of ether oxygens (including phenoxy) is 1. The van der Waals surface area contributed by atoms with E-state index in [0.717, 1.165) is 30.0 Å². The zero-order valence-corrected chi connectivity index (χ0v) is 15.2. The van der Waals surface area contributed by atoms with E-state index >= 15 is 0 Å². The molecule has 1 aliphatic heterocycles. The summed E-state index contributed by atoms with van der Waals surface area (Å²) in [5.74, 6) is 1.48. The quantitative estimate of drug-likeness (QED) is 0.746. The van der Waals surface area contributed by atoms with Crippen LogP contribution >= 0.6 is 12.4 Å². The fourth-order valence-corrected chi connectivity index (χ4v) is 2.82. The smallest absolute Gasteiger partial charge is 0.223 e. The minimum absolute atomic E-state index is 0. The molecule has 0 spiro atoms. The number of benzene rings is 2. The van der Waals surface area contributed by atoms with Gasteiger partial charge in [-0.3, -0.25) is 4.79 Å². The van der Waals surface area contributed by atoms with Gasteiger partial charge in [0, 0.05) is 11.5 Å². The Morgan fingerprint density at radius 2 is 1.84 bits per heavy atom. The van der Waals surface area contributed by atoms with E-state index in [4.69, 9.17) is 4.74 Å². The lowest BCUT2D eigenvalue weighted by atomic mass is 9.88. The van der Waals surface area contributed by atoms with Crippen LogP contribution in [0.15, 0.2) is 54.6 Å². The molecule has 0 bridgehead atoms. The van der Waals surface area contributed by atoms with E-state index in [1.807, 2.05) is 43.3 Å². The molecule has 4 nitrogen and oxygen atoms in total. The van der Waals surface area contributed by atoms with E-state index in [2.05, 4.69) is 28.8 Å². The van der Waals surface area contributed by atoms with Gasteiger partial charge in [-0.15, -0.1) is 12.4 Å². The number of hydrogen-bond donors (Lipinski definition) is 2. The summed E-state index contributed by atoms with van der Waals surface area (Å²) in [6.07, 6.45) is 0. The van der Waals surface area contributed by atoms with Crippen molar-refractivity contribution in [1.82, 2.24) is 10.6 Å². The highest BCUT2D eigenvalue weighted by Gasteiger charge is 2.28. The van der Waals surface area contributed by atoms with Gasteiger partial charge in [-0.25, -0.2) is 0 Å². The van der Waals surface area contributed by atoms with Crippen molar-refractivity contribution < 1.29 is 9.53 Å². The highest BCUT2D eigenvalue weighted by atomic mass is 35.5. The molecular formula is C20H25ClN2O2. The van der Waals surface area contributed by atoms with Crippen molar-refractivity contribution in [2.24, 2.45) is 11.8 Å². The second kappa shape index (κ2) is 9.44. The summed E-state index contributed by atoms with van der Waals surface area (Å²) in [6, 6.07) is 18.2. The van der Waals surface area contributed by atoms with Gasteiger partial charge in [-0.1, -0.05) is 55.5 Å². The van der Waals surface area contributed by atoms with Crippen molar-refractivity contribution in [3.05, 3.63) is 54.6 Å². The van der Waals surface area contributed by atoms with Crippen LogP contribution in [0.1, 0.15) is 6.92 Å². The monoisotopic (exact) mass is 360 g/mol. The highest BCUT2D eigenvalue weighted by molar-refractivity contribution is 5.85. The van der Waals surface area contributed by atoms with Crippen LogP contribution in [0.3, 0.4) is 0 Å². The van der Waals surface area contributed by atoms with Gasteiger partial charge in [0.2, 0.25) is 5.91 Å². The number of halogens is 1. The van der Waals surface area contributed by atoms with Gasteiger partial charge in [0.1, 0.15) is 12.4 Å². The minimum Gasteiger partial charge on any atom is -0.491 e. The molecule has 0 aliphatic carbocycles. The number of amides is 1. The summed E-state index contributed by atoms with van der Waals surface area (Å²) >= 11 is 0. The molecule has 2 aromatic rings. The summed E-state index contributed by atoms with van der Waals surface area (Å²) in [7, 11) is 0. The molecule has 134 valence electrons. The fourth-order valence-electron chi connectivity index (χ4n) is 2.82. The van der Waals surface area contributed by atoms with E-state index in [9.17, 15) is 4.79 Å². The summed E-state index contributed by atoms with van der Waals surface area (Å²) in [4.78, 5) is 12.1. The summed E-state index contributed by atoms with van der Waals surface area (Å²) in [5, 5.41) is 6.17. The summed E-state index contributed by atoms with van der Waals surface area (Å²) in [6.45, 7) is 4.86. The first-order valence-corrected chi connectivity index (χ1v) is 8.51. The van der Waals surface area contributed by atoms with E-state index < -0.39 is 0 Å². The highest BCUT2D eigenvalue weighted by Crippen LogP contribution is 2.29. The molecule has 1 heterocycles. The Morgan fingerprint density at radius 1 is 1.16 bits per heavy atom. The average Bonchev–Trinajstić information content (AvgIpc) is 2.58. The molecule has 2 aromatic carbocycles. The van der Waals surface area contributed by atoms with Gasteiger partial charge < -0.3 is 15.4 Å². The van der Waals surface area contributed by atoms with Crippen LogP contribution in [0.2, 0.25) is 0 Å². The molecule has 0 aromatic heterocycles. The molecular weight excluding hydrogens is 336 g/mol. The normalized spacial score (nSPS) is 14.8. The molecule has 1 saturated heterocycles. The average molecular weight is 361 g/mol. The topological polar surface area (TPSA) is 50.4 Å². The molecule has 2 N–H and O–H groups in total. The molecule has 25 heavy (non-hydrogen) atoms. The largest absolute Gasteiger partial charge is 0.491 e. The van der Waals surface area contributed by atoms with Gasteiger partial charge in [0.25, 0.3) is 0 Å². The van der Waals surface area contributed by atoms with Gasteiger partial charge in [-0.2, -0.15) is 0 Å². The van der Waals surface area contributed by atoms with Crippen LogP contribution < -0.4 is 15.4 Å². The molecule has 1 aliphatic rings. The number of nitrogens with one attached hydrogen (secondary N) is 2. The van der Waals surface area contributed by atoms with Crippen molar-refractivity contribution in [1.29, 1.82) is 0 Å². The van der Waals surface area contributed by atoms with Crippen LogP contribution in [0.25, 0.3) is 11.1 Å². The number of para-hydroxylation sites is 1. The predicted octanol–water partition coefficient (Wildman–Crippen LogP) is 3.13. The molecule has 1 atom stereocenters. The van der Waals surface area contributed by atoms with E-state index in [0.29, 0.717) is 19.1 Å². The number of carbonyl (C=O) groups is 1. The van der Waals surface area contributed by atoms with Crippen molar-refractivity contribution in [2.45, 2.75) is 6.92 Å². The SMILES string of the molecule is CC(C(=O)NCCOc1ccccc1-c1ccccc1)C1CNC1.Cl. The third-order valence-corrected chi connectivity index (χ3v) is 4.56. The van der Waals surface area contributed by atoms with Gasteiger partial charge >= 0.3 is 0 Å². The molecule has 1 amide bonds. The standard InChI is InChI=1S/C20H24N2O2.ClH/c1-15(17-13-21-14-17)20(23)22-11-12-24-19-10-6-5-9-18(19)16-7-3-2-4-8-16;/h2-10,15,17,21H,11-14H2,1H3,(H,22,23);1H. The lowest BCUT2D eigenvalue weighted by Crippen LogP contribution is -2.49. The molecule has 3 rings (SSSR count). The van der Waals surface area contributed by atoms with Crippen molar-refractivity contribution in [3.63, 3.8) is 0 Å². The van der Waals surface area contributed by atoms with Crippen LogP contribution in [0, 0.1) is 11.8 Å². The Balaban J connectivity index is 0.00000225. The zero-order chi connectivity index (χ0) is 16.8.